The van der Waals surface area contributed by atoms with Crippen LogP contribution in [0, 0.1) is 18.3 Å². The van der Waals surface area contributed by atoms with Gasteiger partial charge in [-0.05, 0) is 35.7 Å². The summed E-state index contributed by atoms with van der Waals surface area (Å²) in [7, 11) is 0. The Morgan fingerprint density at radius 2 is 1.56 bits per heavy atom. The Bertz CT molecular complexity index is 1160. The van der Waals surface area contributed by atoms with E-state index in [1.165, 1.54) is 11.1 Å². The Balaban J connectivity index is 1.44. The van der Waals surface area contributed by atoms with Crippen LogP contribution in [0.2, 0.25) is 5.02 Å². The van der Waals surface area contributed by atoms with Crippen molar-refractivity contribution in [2.75, 3.05) is 31.5 Å². The van der Waals surface area contributed by atoms with E-state index in [2.05, 4.69) is 58.7 Å². The highest BCUT2D eigenvalue weighted by Gasteiger charge is 2.26. The minimum atomic E-state index is -0.434. The lowest BCUT2D eigenvalue weighted by atomic mass is 9.96. The molecule has 0 unspecified atom stereocenters. The molecule has 1 amide bonds. The molecule has 4 rings (SSSR count). The van der Waals surface area contributed by atoms with E-state index in [4.69, 9.17) is 11.6 Å². The number of hydrogen-bond acceptors (Lipinski definition) is 4. The molecule has 0 spiro atoms. The van der Waals surface area contributed by atoms with Gasteiger partial charge in [-0.3, -0.25) is 9.69 Å². The molecule has 0 aliphatic carbocycles. The third-order valence-corrected chi connectivity index (χ3v) is 6.46. The van der Waals surface area contributed by atoms with E-state index < -0.39 is 5.91 Å². The number of hydrogen-bond donors (Lipinski definition) is 1. The largest absolute Gasteiger partial charge is 0.374 e. The summed E-state index contributed by atoms with van der Waals surface area (Å²) in [6.45, 7) is 4.99. The van der Waals surface area contributed by atoms with Gasteiger partial charge in [0.2, 0.25) is 0 Å². The average molecular weight is 471 g/mol. The molecular formula is C28H27ClN4O. The van der Waals surface area contributed by atoms with Gasteiger partial charge in [-0.2, -0.15) is 5.26 Å². The number of carbonyl (C=O) groups excluding carboxylic acids is 1. The number of amides is 1. The fourth-order valence-corrected chi connectivity index (χ4v) is 4.38. The van der Waals surface area contributed by atoms with E-state index >= 15 is 0 Å². The van der Waals surface area contributed by atoms with Crippen molar-refractivity contribution in [1.29, 1.82) is 5.26 Å². The van der Waals surface area contributed by atoms with Crippen LogP contribution < -0.4 is 5.32 Å². The summed E-state index contributed by atoms with van der Waals surface area (Å²) >= 11 is 6.15. The molecule has 34 heavy (non-hydrogen) atoms. The Labute approximate surface area is 205 Å². The number of rotatable bonds is 6. The van der Waals surface area contributed by atoms with Gasteiger partial charge in [0, 0.05) is 43.1 Å². The number of nitrogens with one attached hydrogen (secondary N) is 1. The summed E-state index contributed by atoms with van der Waals surface area (Å²) in [4.78, 5) is 17.2. The van der Waals surface area contributed by atoms with Crippen molar-refractivity contribution in [3.05, 3.63) is 112 Å². The number of carbonyl (C=O) groups is 1. The minimum Gasteiger partial charge on any atom is -0.374 e. The normalized spacial score (nSPS) is 14.6. The fourth-order valence-electron chi connectivity index (χ4n) is 4.20. The first kappa shape index (κ1) is 23.6. The van der Waals surface area contributed by atoms with Crippen molar-refractivity contribution in [2.45, 2.75) is 13.0 Å². The maximum absolute atomic E-state index is 12.7. The van der Waals surface area contributed by atoms with Crippen LogP contribution in [0.5, 0.6) is 0 Å². The number of nitrogens with zero attached hydrogens (tertiary/aromatic N) is 3. The first-order chi connectivity index (χ1) is 16.5. The standard InChI is InChI=1S/C28H27ClN4O/c1-21-12-13-25(18-26(21)29)31-28(34)24(19-30)20-32-14-16-33(17-15-32)27(22-8-4-2-5-9-22)23-10-6-3-7-11-23/h2-13,18,20,27H,14-17H2,1H3,(H,31,34)/b24-20-. The van der Waals surface area contributed by atoms with Crippen molar-refractivity contribution in [1.82, 2.24) is 9.80 Å². The quantitative estimate of drug-likeness (QED) is 0.387. The predicted octanol–water partition coefficient (Wildman–Crippen LogP) is 5.40. The van der Waals surface area contributed by atoms with Gasteiger partial charge in [0.25, 0.3) is 5.91 Å². The van der Waals surface area contributed by atoms with Gasteiger partial charge in [0.05, 0.1) is 6.04 Å². The molecule has 5 nitrogen and oxygen atoms in total. The zero-order valence-electron chi connectivity index (χ0n) is 19.1. The van der Waals surface area contributed by atoms with Gasteiger partial charge < -0.3 is 10.2 Å². The molecule has 0 saturated carbocycles. The molecule has 1 aliphatic rings. The summed E-state index contributed by atoms with van der Waals surface area (Å²) in [5, 5.41) is 12.9. The second kappa shape index (κ2) is 11.0. The molecule has 1 N–H and O–H groups in total. The smallest absolute Gasteiger partial charge is 0.267 e. The Morgan fingerprint density at radius 1 is 0.971 bits per heavy atom. The maximum Gasteiger partial charge on any atom is 0.267 e. The van der Waals surface area contributed by atoms with Crippen LogP contribution in [0.4, 0.5) is 5.69 Å². The molecule has 0 bridgehead atoms. The maximum atomic E-state index is 12.7. The van der Waals surface area contributed by atoms with Crippen LogP contribution in [0.3, 0.4) is 0 Å². The molecule has 6 heteroatoms. The van der Waals surface area contributed by atoms with Gasteiger partial charge in [-0.15, -0.1) is 0 Å². The topological polar surface area (TPSA) is 59.4 Å². The SMILES string of the molecule is Cc1ccc(NC(=O)/C(C#N)=C\N2CCN(C(c3ccccc3)c3ccccc3)CC2)cc1Cl. The molecule has 0 aromatic heterocycles. The molecular weight excluding hydrogens is 444 g/mol. The zero-order valence-corrected chi connectivity index (χ0v) is 19.9. The summed E-state index contributed by atoms with van der Waals surface area (Å²) in [5.74, 6) is -0.434. The highest BCUT2D eigenvalue weighted by Crippen LogP contribution is 2.29. The van der Waals surface area contributed by atoms with Gasteiger partial charge in [0.15, 0.2) is 0 Å². The predicted molar refractivity (Wildman–Crippen MR) is 136 cm³/mol. The molecule has 1 saturated heterocycles. The van der Waals surface area contributed by atoms with Crippen molar-refractivity contribution < 1.29 is 4.79 Å². The van der Waals surface area contributed by atoms with Crippen molar-refractivity contribution >= 4 is 23.2 Å². The number of anilines is 1. The lowest BCUT2D eigenvalue weighted by molar-refractivity contribution is -0.112. The van der Waals surface area contributed by atoms with E-state index in [0.29, 0.717) is 10.7 Å². The van der Waals surface area contributed by atoms with E-state index in [1.807, 2.05) is 36.1 Å². The van der Waals surface area contributed by atoms with Crippen LogP contribution >= 0.6 is 11.6 Å². The lowest BCUT2D eigenvalue weighted by Gasteiger charge is -2.39. The lowest BCUT2D eigenvalue weighted by Crippen LogP contribution is -2.46. The highest BCUT2D eigenvalue weighted by atomic mass is 35.5. The van der Waals surface area contributed by atoms with Crippen molar-refractivity contribution in [3.8, 4) is 6.07 Å². The number of benzene rings is 3. The molecule has 172 valence electrons. The molecule has 0 atom stereocenters. The van der Waals surface area contributed by atoms with E-state index in [-0.39, 0.29) is 11.6 Å². The number of nitriles is 1. The molecule has 0 radical (unpaired) electrons. The molecule has 3 aromatic carbocycles. The van der Waals surface area contributed by atoms with Gasteiger partial charge in [0.1, 0.15) is 11.6 Å². The van der Waals surface area contributed by atoms with Gasteiger partial charge in [-0.1, -0.05) is 78.3 Å². The fraction of sp³-hybridized carbons (Fsp3) is 0.214. The Kier molecular flexibility index (Phi) is 7.64. The van der Waals surface area contributed by atoms with Crippen molar-refractivity contribution in [2.24, 2.45) is 0 Å². The van der Waals surface area contributed by atoms with Crippen LogP contribution in [0.15, 0.2) is 90.6 Å². The molecule has 3 aromatic rings. The van der Waals surface area contributed by atoms with Gasteiger partial charge >= 0.3 is 0 Å². The average Bonchev–Trinajstić information content (AvgIpc) is 2.87. The number of piperazine rings is 1. The summed E-state index contributed by atoms with van der Waals surface area (Å²) in [5.41, 5.74) is 4.09. The van der Waals surface area contributed by atoms with Crippen molar-refractivity contribution in [3.63, 3.8) is 0 Å². The summed E-state index contributed by atoms with van der Waals surface area (Å²) in [6, 6.07) is 28.5. The number of aryl methyl sites for hydroxylation is 1. The van der Waals surface area contributed by atoms with Crippen LogP contribution in [0.25, 0.3) is 0 Å². The first-order valence-electron chi connectivity index (χ1n) is 11.3. The number of halogens is 1. The third-order valence-electron chi connectivity index (χ3n) is 6.05. The second-order valence-electron chi connectivity index (χ2n) is 8.37. The van der Waals surface area contributed by atoms with Crippen LogP contribution in [-0.2, 0) is 4.79 Å². The molecule has 1 heterocycles. The van der Waals surface area contributed by atoms with E-state index in [0.717, 1.165) is 31.7 Å². The third kappa shape index (κ3) is 5.66. The summed E-state index contributed by atoms with van der Waals surface area (Å²) in [6.07, 6.45) is 1.67. The van der Waals surface area contributed by atoms with Crippen LogP contribution in [0.1, 0.15) is 22.7 Å². The second-order valence-corrected chi connectivity index (χ2v) is 8.78. The monoisotopic (exact) mass is 470 g/mol. The Morgan fingerprint density at radius 3 is 2.09 bits per heavy atom. The van der Waals surface area contributed by atoms with Crippen LogP contribution in [-0.4, -0.2) is 41.9 Å². The zero-order chi connectivity index (χ0) is 23.9. The van der Waals surface area contributed by atoms with E-state index in [9.17, 15) is 10.1 Å². The molecule has 1 aliphatic heterocycles. The first-order valence-corrected chi connectivity index (χ1v) is 11.7. The Hall–Kier alpha value is -3.59. The molecule has 1 fully saturated rings. The minimum absolute atomic E-state index is 0.0767. The summed E-state index contributed by atoms with van der Waals surface area (Å²) < 4.78 is 0. The van der Waals surface area contributed by atoms with Gasteiger partial charge in [-0.25, -0.2) is 0 Å². The van der Waals surface area contributed by atoms with E-state index in [1.54, 1.807) is 18.3 Å². The highest BCUT2D eigenvalue weighted by molar-refractivity contribution is 6.31.